The third kappa shape index (κ3) is 3.36. The molecule has 0 unspecified atom stereocenters. The summed E-state index contributed by atoms with van der Waals surface area (Å²) in [6.07, 6.45) is 0.981. The molecule has 0 fully saturated rings. The number of rotatable bonds is 3. The zero-order valence-corrected chi connectivity index (χ0v) is 13.0. The van der Waals surface area contributed by atoms with E-state index in [0.717, 1.165) is 17.8 Å². The van der Waals surface area contributed by atoms with Crippen LogP contribution in [0.4, 0.5) is 11.4 Å². The van der Waals surface area contributed by atoms with Crippen molar-refractivity contribution in [3.05, 3.63) is 59.2 Å². The Labute approximate surface area is 126 Å². The molecule has 2 nitrogen and oxygen atoms in total. The van der Waals surface area contributed by atoms with Crippen molar-refractivity contribution >= 4 is 28.7 Å². The second-order valence-corrected chi connectivity index (χ2v) is 5.25. The third-order valence-corrected chi connectivity index (χ3v) is 3.70. The fourth-order valence-corrected chi connectivity index (χ4v) is 2.33. The van der Waals surface area contributed by atoms with Gasteiger partial charge in [-0.3, -0.25) is 0 Å². The number of para-hydroxylation sites is 1. The number of thiocarbonyl (C=S) groups is 1. The van der Waals surface area contributed by atoms with Gasteiger partial charge in [0, 0.05) is 11.4 Å². The number of benzene rings is 2. The second kappa shape index (κ2) is 6.53. The Morgan fingerprint density at radius 1 is 0.950 bits per heavy atom. The molecular weight excluding hydrogens is 264 g/mol. The maximum Gasteiger partial charge on any atom is 0.175 e. The molecule has 0 spiro atoms. The van der Waals surface area contributed by atoms with Gasteiger partial charge in [-0.1, -0.05) is 37.3 Å². The Morgan fingerprint density at radius 3 is 2.35 bits per heavy atom. The van der Waals surface area contributed by atoms with Crippen LogP contribution in [0.3, 0.4) is 0 Å². The summed E-state index contributed by atoms with van der Waals surface area (Å²) in [4.78, 5) is 0. The van der Waals surface area contributed by atoms with Gasteiger partial charge < -0.3 is 10.6 Å². The van der Waals surface area contributed by atoms with Crippen LogP contribution >= 0.6 is 12.2 Å². The van der Waals surface area contributed by atoms with Gasteiger partial charge in [0.25, 0.3) is 0 Å². The normalized spacial score (nSPS) is 10.2. The lowest BCUT2D eigenvalue weighted by molar-refractivity contribution is 1.14. The highest BCUT2D eigenvalue weighted by Crippen LogP contribution is 2.19. The van der Waals surface area contributed by atoms with Crippen LogP contribution < -0.4 is 10.6 Å². The molecule has 2 N–H and O–H groups in total. The minimum atomic E-state index is 0.625. The van der Waals surface area contributed by atoms with Crippen molar-refractivity contribution in [1.29, 1.82) is 0 Å². The zero-order chi connectivity index (χ0) is 14.5. The molecule has 0 aliphatic heterocycles. The van der Waals surface area contributed by atoms with Crippen LogP contribution in [0.5, 0.6) is 0 Å². The lowest BCUT2D eigenvalue weighted by atomic mass is 10.1. The van der Waals surface area contributed by atoms with Gasteiger partial charge in [-0.05, 0) is 61.3 Å². The maximum absolute atomic E-state index is 5.41. The largest absolute Gasteiger partial charge is 0.332 e. The first-order valence-electron chi connectivity index (χ1n) is 6.84. The molecule has 0 aromatic heterocycles. The average molecular weight is 284 g/mol. The molecule has 0 saturated carbocycles. The summed E-state index contributed by atoms with van der Waals surface area (Å²) in [6.45, 7) is 6.34. The van der Waals surface area contributed by atoms with Gasteiger partial charge in [-0.2, -0.15) is 0 Å². The smallest absolute Gasteiger partial charge is 0.175 e. The standard InChI is InChI=1S/C17H20N2S/c1-4-14-9-5-6-10-16(14)19-17(20)18-15-11-7-8-12(2)13(15)3/h5-11H,4H2,1-3H3,(H2,18,19,20). The highest BCUT2D eigenvalue weighted by atomic mass is 32.1. The van der Waals surface area contributed by atoms with E-state index in [1.807, 2.05) is 24.3 Å². The predicted molar refractivity (Wildman–Crippen MR) is 91.6 cm³/mol. The number of hydrogen-bond acceptors (Lipinski definition) is 1. The Morgan fingerprint density at radius 2 is 1.60 bits per heavy atom. The van der Waals surface area contributed by atoms with Crippen LogP contribution in [-0.2, 0) is 6.42 Å². The lowest BCUT2D eigenvalue weighted by Crippen LogP contribution is -2.20. The fourth-order valence-electron chi connectivity index (χ4n) is 2.11. The van der Waals surface area contributed by atoms with Gasteiger partial charge >= 0.3 is 0 Å². The van der Waals surface area contributed by atoms with Crippen molar-refractivity contribution in [2.75, 3.05) is 10.6 Å². The predicted octanol–water partition coefficient (Wildman–Crippen LogP) is 4.67. The van der Waals surface area contributed by atoms with Crippen molar-refractivity contribution in [2.45, 2.75) is 27.2 Å². The van der Waals surface area contributed by atoms with Crippen LogP contribution in [0.1, 0.15) is 23.6 Å². The monoisotopic (exact) mass is 284 g/mol. The van der Waals surface area contributed by atoms with Crippen LogP contribution in [-0.4, -0.2) is 5.11 Å². The van der Waals surface area contributed by atoms with E-state index in [9.17, 15) is 0 Å². The van der Waals surface area contributed by atoms with Crippen molar-refractivity contribution in [2.24, 2.45) is 0 Å². The van der Waals surface area contributed by atoms with E-state index in [2.05, 4.69) is 49.6 Å². The molecule has 0 amide bonds. The Kier molecular flexibility index (Phi) is 4.74. The molecule has 104 valence electrons. The van der Waals surface area contributed by atoms with Crippen molar-refractivity contribution < 1.29 is 0 Å². The average Bonchev–Trinajstić information content (AvgIpc) is 2.44. The van der Waals surface area contributed by atoms with Crippen LogP contribution in [0.2, 0.25) is 0 Å². The maximum atomic E-state index is 5.41. The molecule has 20 heavy (non-hydrogen) atoms. The van der Waals surface area contributed by atoms with E-state index in [1.54, 1.807) is 0 Å². The number of aryl methyl sites for hydroxylation is 2. The summed E-state index contributed by atoms with van der Waals surface area (Å²) < 4.78 is 0. The van der Waals surface area contributed by atoms with Gasteiger partial charge in [0.05, 0.1) is 0 Å². The molecule has 3 heteroatoms. The first-order valence-corrected chi connectivity index (χ1v) is 7.24. The minimum absolute atomic E-state index is 0.625. The molecule has 2 aromatic rings. The first-order chi connectivity index (χ1) is 9.61. The van der Waals surface area contributed by atoms with Gasteiger partial charge in [0.1, 0.15) is 0 Å². The summed E-state index contributed by atoms with van der Waals surface area (Å²) in [5, 5.41) is 7.17. The summed E-state index contributed by atoms with van der Waals surface area (Å²) >= 11 is 5.41. The van der Waals surface area contributed by atoms with Gasteiger partial charge in [0.15, 0.2) is 5.11 Å². The third-order valence-electron chi connectivity index (χ3n) is 3.50. The van der Waals surface area contributed by atoms with Gasteiger partial charge in [-0.25, -0.2) is 0 Å². The summed E-state index contributed by atoms with van der Waals surface area (Å²) in [5.74, 6) is 0. The zero-order valence-electron chi connectivity index (χ0n) is 12.2. The van der Waals surface area contributed by atoms with Crippen LogP contribution in [0, 0.1) is 13.8 Å². The molecular formula is C17H20N2S. The van der Waals surface area contributed by atoms with Crippen molar-refractivity contribution in [3.8, 4) is 0 Å². The first kappa shape index (κ1) is 14.5. The van der Waals surface area contributed by atoms with Crippen molar-refractivity contribution in [3.63, 3.8) is 0 Å². The summed E-state index contributed by atoms with van der Waals surface area (Å²) in [6, 6.07) is 14.4. The van der Waals surface area contributed by atoms with E-state index >= 15 is 0 Å². The fraction of sp³-hybridized carbons (Fsp3) is 0.235. The SMILES string of the molecule is CCc1ccccc1NC(=S)Nc1cccc(C)c1C. The van der Waals surface area contributed by atoms with Crippen LogP contribution in [0.15, 0.2) is 42.5 Å². The minimum Gasteiger partial charge on any atom is -0.332 e. The topological polar surface area (TPSA) is 24.1 Å². The second-order valence-electron chi connectivity index (χ2n) is 4.84. The quantitative estimate of drug-likeness (QED) is 0.801. The van der Waals surface area contributed by atoms with Crippen LogP contribution in [0.25, 0.3) is 0 Å². The summed E-state index contributed by atoms with van der Waals surface area (Å²) in [7, 11) is 0. The molecule has 2 aromatic carbocycles. The molecule has 0 aliphatic carbocycles. The summed E-state index contributed by atoms with van der Waals surface area (Å²) in [5.41, 5.74) is 5.86. The Hall–Kier alpha value is -1.87. The van der Waals surface area contributed by atoms with E-state index in [4.69, 9.17) is 12.2 Å². The van der Waals surface area contributed by atoms with E-state index < -0.39 is 0 Å². The van der Waals surface area contributed by atoms with Crippen molar-refractivity contribution in [1.82, 2.24) is 0 Å². The molecule has 0 bridgehead atoms. The molecule has 0 aliphatic rings. The number of anilines is 2. The Balaban J connectivity index is 2.11. The molecule has 0 radical (unpaired) electrons. The lowest BCUT2D eigenvalue weighted by Gasteiger charge is -2.15. The highest BCUT2D eigenvalue weighted by Gasteiger charge is 2.05. The van der Waals surface area contributed by atoms with Gasteiger partial charge in [-0.15, -0.1) is 0 Å². The molecule has 0 saturated heterocycles. The molecule has 2 rings (SSSR count). The van der Waals surface area contributed by atoms with E-state index in [0.29, 0.717) is 5.11 Å². The number of hydrogen-bond donors (Lipinski definition) is 2. The highest BCUT2D eigenvalue weighted by molar-refractivity contribution is 7.80. The van der Waals surface area contributed by atoms with Gasteiger partial charge in [0.2, 0.25) is 0 Å². The molecule has 0 atom stereocenters. The van der Waals surface area contributed by atoms with E-state index in [1.165, 1.54) is 16.7 Å². The number of nitrogens with one attached hydrogen (secondary N) is 2. The molecule has 0 heterocycles. The Bertz CT molecular complexity index is 620. The van der Waals surface area contributed by atoms with E-state index in [-0.39, 0.29) is 0 Å².